The van der Waals surface area contributed by atoms with E-state index in [1.54, 1.807) is 0 Å². The fourth-order valence-electron chi connectivity index (χ4n) is 4.05. The van der Waals surface area contributed by atoms with Crippen LogP contribution in [-0.2, 0) is 0 Å². The van der Waals surface area contributed by atoms with Gasteiger partial charge in [-0.05, 0) is 68.6 Å². The summed E-state index contributed by atoms with van der Waals surface area (Å²) in [5.74, 6) is 3.46. The molecule has 2 bridgehead atoms. The van der Waals surface area contributed by atoms with E-state index in [1.807, 2.05) is 6.07 Å². The maximum absolute atomic E-state index is 6.53. The molecule has 19 heavy (non-hydrogen) atoms. The lowest BCUT2D eigenvalue weighted by atomic mass is 9.81. The quantitative estimate of drug-likeness (QED) is 0.889. The third-order valence-corrected chi connectivity index (χ3v) is 4.87. The second-order valence-corrected chi connectivity index (χ2v) is 6.60. The predicted octanol–water partition coefficient (Wildman–Crippen LogP) is 3.91. The van der Waals surface area contributed by atoms with Gasteiger partial charge in [-0.2, -0.15) is 0 Å². The summed E-state index contributed by atoms with van der Waals surface area (Å²) >= 11 is 0. The first-order valence-electron chi connectivity index (χ1n) is 7.65. The lowest BCUT2D eigenvalue weighted by molar-refractivity contribution is 0.241. The third-order valence-electron chi connectivity index (χ3n) is 4.87. The predicted molar refractivity (Wildman–Crippen MR) is 78.1 cm³/mol. The smallest absolute Gasteiger partial charge is 0.120 e. The van der Waals surface area contributed by atoms with Crippen LogP contribution in [-0.4, -0.2) is 6.10 Å². The minimum absolute atomic E-state index is 0.186. The molecule has 104 valence electrons. The summed E-state index contributed by atoms with van der Waals surface area (Å²) in [6, 6.07) is 8.57. The van der Waals surface area contributed by atoms with Gasteiger partial charge in [-0.15, -0.1) is 0 Å². The summed E-state index contributed by atoms with van der Waals surface area (Å²) in [6.07, 6.45) is 5.80. The Morgan fingerprint density at radius 1 is 1.21 bits per heavy atom. The summed E-state index contributed by atoms with van der Waals surface area (Å²) in [5, 5.41) is 0. The number of hydrogen-bond donors (Lipinski definition) is 1. The van der Waals surface area contributed by atoms with E-state index in [0.717, 1.165) is 17.6 Å². The van der Waals surface area contributed by atoms with Crippen LogP contribution >= 0.6 is 0 Å². The summed E-state index contributed by atoms with van der Waals surface area (Å²) in [4.78, 5) is 0. The Balaban J connectivity index is 1.74. The van der Waals surface area contributed by atoms with Gasteiger partial charge in [-0.3, -0.25) is 0 Å². The van der Waals surface area contributed by atoms with E-state index in [1.165, 1.54) is 31.2 Å². The first-order valence-corrected chi connectivity index (χ1v) is 7.65. The molecule has 0 saturated heterocycles. The molecule has 0 amide bonds. The van der Waals surface area contributed by atoms with Gasteiger partial charge in [0.2, 0.25) is 0 Å². The Kier molecular flexibility index (Phi) is 3.53. The fraction of sp³-hybridized carbons (Fsp3) is 0.647. The highest BCUT2D eigenvalue weighted by Gasteiger charge is 2.42. The van der Waals surface area contributed by atoms with Crippen LogP contribution in [0.25, 0.3) is 0 Å². The maximum atomic E-state index is 6.53. The second kappa shape index (κ2) is 5.16. The van der Waals surface area contributed by atoms with Crippen molar-refractivity contribution < 1.29 is 4.74 Å². The van der Waals surface area contributed by atoms with Crippen LogP contribution in [0.3, 0.4) is 0 Å². The highest BCUT2D eigenvalue weighted by Crippen LogP contribution is 2.52. The molecule has 1 aromatic carbocycles. The maximum Gasteiger partial charge on any atom is 0.120 e. The van der Waals surface area contributed by atoms with Crippen LogP contribution in [0.1, 0.15) is 51.1 Å². The topological polar surface area (TPSA) is 35.2 Å². The standard InChI is InChI=1S/C17H25NO/c1-11(2)19-15-5-3-4-14(10-15)17(18)16-9-12-6-7-13(16)8-12/h3-5,10-13,16-17H,6-9,18H2,1-2H3. The number of hydrogen-bond acceptors (Lipinski definition) is 2. The van der Waals surface area contributed by atoms with Gasteiger partial charge in [-0.25, -0.2) is 0 Å². The van der Waals surface area contributed by atoms with Gasteiger partial charge in [0.05, 0.1) is 6.10 Å². The summed E-state index contributed by atoms with van der Waals surface area (Å²) in [5.41, 5.74) is 7.78. The Morgan fingerprint density at radius 3 is 2.68 bits per heavy atom. The highest BCUT2D eigenvalue weighted by molar-refractivity contribution is 5.31. The molecule has 2 nitrogen and oxygen atoms in total. The average molecular weight is 259 g/mol. The number of nitrogens with two attached hydrogens (primary N) is 1. The van der Waals surface area contributed by atoms with E-state index in [0.29, 0.717) is 5.92 Å². The Hall–Kier alpha value is -1.02. The van der Waals surface area contributed by atoms with Crippen molar-refractivity contribution in [2.75, 3.05) is 0 Å². The summed E-state index contributed by atoms with van der Waals surface area (Å²) in [6.45, 7) is 4.12. The average Bonchev–Trinajstić information content (AvgIpc) is 2.99. The molecule has 0 aliphatic heterocycles. The van der Waals surface area contributed by atoms with Gasteiger partial charge in [0.1, 0.15) is 5.75 Å². The molecular formula is C17H25NO. The van der Waals surface area contributed by atoms with Gasteiger partial charge in [-0.1, -0.05) is 18.6 Å². The molecule has 0 spiro atoms. The first-order chi connectivity index (χ1) is 9.13. The van der Waals surface area contributed by atoms with Crippen molar-refractivity contribution in [3.8, 4) is 5.75 Å². The fourth-order valence-corrected chi connectivity index (χ4v) is 4.05. The molecule has 0 aromatic heterocycles. The number of rotatable bonds is 4. The van der Waals surface area contributed by atoms with Crippen LogP contribution < -0.4 is 10.5 Å². The van der Waals surface area contributed by atoms with Crippen LogP contribution in [0.15, 0.2) is 24.3 Å². The van der Waals surface area contributed by atoms with E-state index in [-0.39, 0.29) is 12.1 Å². The summed E-state index contributed by atoms with van der Waals surface area (Å²) < 4.78 is 5.77. The van der Waals surface area contributed by atoms with Crippen LogP contribution in [0.4, 0.5) is 0 Å². The second-order valence-electron chi connectivity index (χ2n) is 6.60. The first kappa shape index (κ1) is 13.0. The molecule has 2 N–H and O–H groups in total. The molecular weight excluding hydrogens is 234 g/mol. The zero-order valence-electron chi connectivity index (χ0n) is 12.0. The van der Waals surface area contributed by atoms with Crippen molar-refractivity contribution in [2.45, 2.75) is 51.7 Å². The molecule has 2 saturated carbocycles. The zero-order valence-corrected chi connectivity index (χ0v) is 12.0. The van der Waals surface area contributed by atoms with Crippen molar-refractivity contribution in [3.05, 3.63) is 29.8 Å². The molecule has 3 rings (SSSR count). The van der Waals surface area contributed by atoms with Crippen molar-refractivity contribution in [2.24, 2.45) is 23.5 Å². The molecule has 0 heterocycles. The minimum atomic E-state index is 0.186. The molecule has 4 atom stereocenters. The molecule has 1 aromatic rings. The zero-order chi connectivity index (χ0) is 13.4. The Bertz CT molecular complexity index is 443. The van der Waals surface area contributed by atoms with Crippen molar-refractivity contribution in [1.29, 1.82) is 0 Å². The van der Waals surface area contributed by atoms with Gasteiger partial charge in [0.15, 0.2) is 0 Å². The molecule has 2 aliphatic carbocycles. The molecule has 2 fully saturated rings. The third kappa shape index (κ3) is 2.64. The van der Waals surface area contributed by atoms with Crippen LogP contribution in [0.5, 0.6) is 5.75 Å². The van der Waals surface area contributed by atoms with Crippen molar-refractivity contribution in [3.63, 3.8) is 0 Å². The van der Waals surface area contributed by atoms with E-state index in [9.17, 15) is 0 Å². The number of benzene rings is 1. The summed E-state index contributed by atoms with van der Waals surface area (Å²) in [7, 11) is 0. The molecule has 2 heteroatoms. The normalized spacial score (nSPS) is 30.8. The van der Waals surface area contributed by atoms with Gasteiger partial charge in [0.25, 0.3) is 0 Å². The van der Waals surface area contributed by atoms with Gasteiger partial charge >= 0.3 is 0 Å². The SMILES string of the molecule is CC(C)Oc1cccc(C(N)C2CC3CCC2C3)c1. The molecule has 4 unspecified atom stereocenters. The Morgan fingerprint density at radius 2 is 2.05 bits per heavy atom. The number of ether oxygens (including phenoxy) is 1. The van der Waals surface area contributed by atoms with Crippen LogP contribution in [0.2, 0.25) is 0 Å². The van der Waals surface area contributed by atoms with E-state index in [2.05, 4.69) is 32.0 Å². The molecule has 2 aliphatic rings. The Labute approximate surface area is 116 Å². The lowest BCUT2D eigenvalue weighted by Crippen LogP contribution is -2.26. The van der Waals surface area contributed by atoms with Crippen molar-refractivity contribution in [1.82, 2.24) is 0 Å². The highest BCUT2D eigenvalue weighted by atomic mass is 16.5. The molecule has 0 radical (unpaired) electrons. The monoisotopic (exact) mass is 259 g/mol. The number of fused-ring (bicyclic) bond motifs is 2. The van der Waals surface area contributed by atoms with Gasteiger partial charge in [0, 0.05) is 6.04 Å². The minimum Gasteiger partial charge on any atom is -0.491 e. The van der Waals surface area contributed by atoms with E-state index < -0.39 is 0 Å². The van der Waals surface area contributed by atoms with Crippen molar-refractivity contribution >= 4 is 0 Å². The van der Waals surface area contributed by atoms with E-state index >= 15 is 0 Å². The van der Waals surface area contributed by atoms with Gasteiger partial charge < -0.3 is 10.5 Å². The van der Waals surface area contributed by atoms with Crippen LogP contribution in [0, 0.1) is 17.8 Å². The van der Waals surface area contributed by atoms with E-state index in [4.69, 9.17) is 10.5 Å². The largest absolute Gasteiger partial charge is 0.491 e. The lowest BCUT2D eigenvalue weighted by Gasteiger charge is -2.28.